The number of nitrogens with one attached hydrogen (secondary N) is 1. The zero-order chi connectivity index (χ0) is 9.80. The van der Waals surface area contributed by atoms with E-state index in [-0.39, 0.29) is 11.9 Å². The molecule has 2 rings (SSSR count). The highest BCUT2D eigenvalue weighted by atomic mass is 19.1. The second kappa shape index (κ2) is 4.37. The monoisotopic (exact) mass is 196 g/mol. The molecule has 0 aromatic carbocycles. The maximum absolute atomic E-state index is 13.2. The van der Waals surface area contributed by atoms with Gasteiger partial charge in [0.1, 0.15) is 0 Å². The first-order valence-electron chi connectivity index (χ1n) is 4.81. The van der Waals surface area contributed by atoms with Crippen LogP contribution >= 0.6 is 0 Å². The Hall–Kier alpha value is -1.16. The van der Waals surface area contributed by atoms with Crippen molar-refractivity contribution in [2.75, 3.05) is 18.5 Å². The Morgan fingerprint density at radius 3 is 3.21 bits per heavy atom. The summed E-state index contributed by atoms with van der Waals surface area (Å²) in [6.45, 7) is 1.44. The van der Waals surface area contributed by atoms with Crippen LogP contribution in [0.25, 0.3) is 0 Å². The molecule has 0 aliphatic carbocycles. The fourth-order valence-electron chi connectivity index (χ4n) is 1.54. The Morgan fingerprint density at radius 2 is 2.50 bits per heavy atom. The van der Waals surface area contributed by atoms with Crippen LogP contribution in [0.5, 0.6) is 0 Å². The van der Waals surface area contributed by atoms with E-state index in [0.29, 0.717) is 12.4 Å². The highest BCUT2D eigenvalue weighted by Crippen LogP contribution is 2.14. The zero-order valence-corrected chi connectivity index (χ0v) is 7.87. The molecule has 3 nitrogen and oxygen atoms in total. The Bertz CT molecular complexity index is 300. The normalized spacial score (nSPS) is 21.9. The fraction of sp³-hybridized carbons (Fsp3) is 0.500. The molecule has 14 heavy (non-hydrogen) atoms. The molecule has 4 heteroatoms. The van der Waals surface area contributed by atoms with Crippen LogP contribution in [-0.4, -0.2) is 24.2 Å². The molecule has 1 atom stereocenters. The van der Waals surface area contributed by atoms with Crippen LogP contribution in [0, 0.1) is 5.82 Å². The van der Waals surface area contributed by atoms with E-state index in [0.717, 1.165) is 19.4 Å². The van der Waals surface area contributed by atoms with Gasteiger partial charge < -0.3 is 10.1 Å². The van der Waals surface area contributed by atoms with Gasteiger partial charge in [0.25, 0.3) is 0 Å². The molecular formula is C10H13FN2O. The number of nitrogens with zero attached hydrogens (tertiary/aromatic N) is 1. The predicted octanol–water partition coefficient (Wildman–Crippen LogP) is 1.81. The molecule has 2 heterocycles. The maximum atomic E-state index is 13.2. The van der Waals surface area contributed by atoms with Crippen molar-refractivity contribution in [1.82, 2.24) is 4.98 Å². The van der Waals surface area contributed by atoms with E-state index >= 15 is 0 Å². The quantitative estimate of drug-likeness (QED) is 0.783. The number of ether oxygens (including phenoxy) is 1. The van der Waals surface area contributed by atoms with Crippen LogP contribution in [0.15, 0.2) is 18.3 Å². The molecule has 0 amide bonds. The van der Waals surface area contributed by atoms with E-state index in [1.807, 2.05) is 0 Å². The van der Waals surface area contributed by atoms with Crippen molar-refractivity contribution >= 4 is 5.82 Å². The van der Waals surface area contributed by atoms with E-state index in [1.165, 1.54) is 6.07 Å². The lowest BCUT2D eigenvalue weighted by Crippen LogP contribution is -2.30. The number of hydrogen-bond acceptors (Lipinski definition) is 3. The lowest BCUT2D eigenvalue weighted by atomic mass is 10.1. The Morgan fingerprint density at radius 1 is 1.57 bits per heavy atom. The SMILES string of the molecule is Fc1cccnc1NC1CCCOC1. The van der Waals surface area contributed by atoms with Crippen LogP contribution in [0.4, 0.5) is 10.2 Å². The minimum absolute atomic E-state index is 0.188. The highest BCUT2D eigenvalue weighted by Gasteiger charge is 2.15. The Balaban J connectivity index is 1.99. The summed E-state index contributed by atoms with van der Waals surface area (Å²) < 4.78 is 18.5. The first-order valence-corrected chi connectivity index (χ1v) is 4.81. The van der Waals surface area contributed by atoms with Gasteiger partial charge >= 0.3 is 0 Å². The predicted molar refractivity (Wildman–Crippen MR) is 51.7 cm³/mol. The minimum atomic E-state index is -0.307. The summed E-state index contributed by atoms with van der Waals surface area (Å²) in [6, 6.07) is 3.17. The van der Waals surface area contributed by atoms with E-state index in [4.69, 9.17) is 4.74 Å². The largest absolute Gasteiger partial charge is 0.379 e. The van der Waals surface area contributed by atoms with Crippen molar-refractivity contribution in [3.63, 3.8) is 0 Å². The topological polar surface area (TPSA) is 34.2 Å². The molecule has 1 aromatic rings. The number of anilines is 1. The van der Waals surface area contributed by atoms with Gasteiger partial charge in [-0.2, -0.15) is 0 Å². The highest BCUT2D eigenvalue weighted by molar-refractivity contribution is 5.36. The van der Waals surface area contributed by atoms with Crippen molar-refractivity contribution in [3.8, 4) is 0 Å². The van der Waals surface area contributed by atoms with Crippen molar-refractivity contribution in [2.24, 2.45) is 0 Å². The summed E-state index contributed by atoms with van der Waals surface area (Å²) in [6.07, 6.45) is 3.61. The molecule has 76 valence electrons. The Kier molecular flexibility index (Phi) is 2.93. The first-order chi connectivity index (χ1) is 6.86. The number of hydrogen-bond donors (Lipinski definition) is 1. The van der Waals surface area contributed by atoms with Crippen molar-refractivity contribution in [1.29, 1.82) is 0 Å². The average molecular weight is 196 g/mol. The molecule has 1 unspecified atom stereocenters. The molecule has 1 aliphatic heterocycles. The molecule has 1 aromatic heterocycles. The van der Waals surface area contributed by atoms with Gasteiger partial charge in [0.2, 0.25) is 0 Å². The zero-order valence-electron chi connectivity index (χ0n) is 7.87. The lowest BCUT2D eigenvalue weighted by molar-refractivity contribution is 0.0874. The summed E-state index contributed by atoms with van der Waals surface area (Å²) in [5.41, 5.74) is 0. The molecule has 1 saturated heterocycles. The minimum Gasteiger partial charge on any atom is -0.379 e. The van der Waals surface area contributed by atoms with Gasteiger partial charge in [0.05, 0.1) is 12.6 Å². The summed E-state index contributed by atoms with van der Waals surface area (Å²) in [7, 11) is 0. The summed E-state index contributed by atoms with van der Waals surface area (Å²) >= 11 is 0. The number of halogens is 1. The number of aromatic nitrogens is 1. The third kappa shape index (κ3) is 2.20. The van der Waals surface area contributed by atoms with Crippen molar-refractivity contribution < 1.29 is 9.13 Å². The second-order valence-electron chi connectivity index (χ2n) is 3.39. The Labute approximate surface area is 82.3 Å². The maximum Gasteiger partial charge on any atom is 0.165 e. The van der Waals surface area contributed by atoms with Crippen molar-refractivity contribution in [3.05, 3.63) is 24.1 Å². The molecule has 0 radical (unpaired) electrons. The van der Waals surface area contributed by atoms with Gasteiger partial charge in [-0.25, -0.2) is 9.37 Å². The van der Waals surface area contributed by atoms with E-state index in [2.05, 4.69) is 10.3 Å². The third-order valence-electron chi connectivity index (χ3n) is 2.26. The average Bonchev–Trinajstić information content (AvgIpc) is 2.23. The van der Waals surface area contributed by atoms with Gasteiger partial charge in [0, 0.05) is 12.8 Å². The molecule has 1 aliphatic rings. The van der Waals surface area contributed by atoms with Gasteiger partial charge in [0.15, 0.2) is 11.6 Å². The fourth-order valence-corrected chi connectivity index (χ4v) is 1.54. The van der Waals surface area contributed by atoms with E-state index in [9.17, 15) is 4.39 Å². The van der Waals surface area contributed by atoms with Crippen LogP contribution < -0.4 is 5.32 Å². The molecule has 0 bridgehead atoms. The number of rotatable bonds is 2. The molecule has 0 spiro atoms. The van der Waals surface area contributed by atoms with Crippen molar-refractivity contribution in [2.45, 2.75) is 18.9 Å². The van der Waals surface area contributed by atoms with Crippen LogP contribution in [0.3, 0.4) is 0 Å². The van der Waals surface area contributed by atoms with Crippen LogP contribution in [0.1, 0.15) is 12.8 Å². The summed E-state index contributed by atoms with van der Waals surface area (Å²) in [4.78, 5) is 3.93. The van der Waals surface area contributed by atoms with E-state index in [1.54, 1.807) is 12.3 Å². The van der Waals surface area contributed by atoms with Gasteiger partial charge in [-0.3, -0.25) is 0 Å². The molecular weight excluding hydrogens is 183 g/mol. The van der Waals surface area contributed by atoms with Crippen LogP contribution in [-0.2, 0) is 4.74 Å². The molecule has 1 N–H and O–H groups in total. The second-order valence-corrected chi connectivity index (χ2v) is 3.39. The first kappa shape index (κ1) is 9.40. The summed E-state index contributed by atoms with van der Waals surface area (Å²) in [5.74, 6) is 0.0149. The van der Waals surface area contributed by atoms with Gasteiger partial charge in [-0.1, -0.05) is 0 Å². The van der Waals surface area contributed by atoms with E-state index < -0.39 is 0 Å². The number of pyridine rings is 1. The third-order valence-corrected chi connectivity index (χ3v) is 2.26. The summed E-state index contributed by atoms with van der Waals surface area (Å²) in [5, 5.41) is 3.04. The molecule has 1 fully saturated rings. The smallest absolute Gasteiger partial charge is 0.165 e. The van der Waals surface area contributed by atoms with Gasteiger partial charge in [-0.05, 0) is 25.0 Å². The standard InChI is InChI=1S/C10H13FN2O/c11-9-4-1-5-12-10(9)13-8-3-2-6-14-7-8/h1,4-5,8H,2-3,6-7H2,(H,12,13). The van der Waals surface area contributed by atoms with Crippen LogP contribution in [0.2, 0.25) is 0 Å². The van der Waals surface area contributed by atoms with Gasteiger partial charge in [-0.15, -0.1) is 0 Å². The molecule has 0 saturated carbocycles. The lowest BCUT2D eigenvalue weighted by Gasteiger charge is -2.23.